The summed E-state index contributed by atoms with van der Waals surface area (Å²) >= 11 is 0. The van der Waals surface area contributed by atoms with Crippen LogP contribution in [0.2, 0.25) is 0 Å². The number of benzene rings is 2. The van der Waals surface area contributed by atoms with Crippen molar-refractivity contribution in [2.75, 3.05) is 19.0 Å². The molecule has 17 heavy (non-hydrogen) atoms. The standard InChI is InChI=1S/C16H17N/c1-11-8-9-14-13-7-5-4-6-12(13)10-15(14)16(11)17(2)3/h4-9H,10H2,1-3H3. The van der Waals surface area contributed by atoms with E-state index in [4.69, 9.17) is 0 Å². The summed E-state index contributed by atoms with van der Waals surface area (Å²) in [4.78, 5) is 2.24. The van der Waals surface area contributed by atoms with Gasteiger partial charge in [-0.15, -0.1) is 0 Å². The Morgan fingerprint density at radius 3 is 2.47 bits per heavy atom. The number of nitrogens with zero attached hydrogens (tertiary/aromatic N) is 1. The molecule has 1 heteroatoms. The van der Waals surface area contributed by atoms with E-state index in [1.54, 1.807) is 0 Å². The molecule has 0 bridgehead atoms. The minimum atomic E-state index is 1.07. The molecule has 0 aliphatic heterocycles. The predicted molar refractivity (Wildman–Crippen MR) is 73.7 cm³/mol. The quantitative estimate of drug-likeness (QED) is 0.609. The molecular weight excluding hydrogens is 206 g/mol. The Bertz CT molecular complexity index is 582. The fourth-order valence-corrected chi connectivity index (χ4v) is 2.93. The lowest BCUT2D eigenvalue weighted by molar-refractivity contribution is 1.08. The zero-order valence-electron chi connectivity index (χ0n) is 10.6. The molecule has 1 aliphatic rings. The zero-order valence-corrected chi connectivity index (χ0v) is 10.6. The van der Waals surface area contributed by atoms with Crippen molar-refractivity contribution in [3.63, 3.8) is 0 Å². The topological polar surface area (TPSA) is 3.24 Å². The first-order chi connectivity index (χ1) is 8.18. The first-order valence-corrected chi connectivity index (χ1v) is 6.06. The van der Waals surface area contributed by atoms with Crippen molar-refractivity contribution < 1.29 is 0 Å². The summed E-state index contributed by atoms with van der Waals surface area (Å²) in [6, 6.07) is 13.2. The number of hydrogen-bond donors (Lipinski definition) is 0. The summed E-state index contributed by atoms with van der Waals surface area (Å²) in [5.74, 6) is 0. The van der Waals surface area contributed by atoms with Crippen molar-refractivity contribution in [3.05, 3.63) is 53.1 Å². The first kappa shape index (κ1) is 10.4. The molecule has 1 aliphatic carbocycles. The first-order valence-electron chi connectivity index (χ1n) is 6.06. The van der Waals surface area contributed by atoms with Gasteiger partial charge < -0.3 is 4.90 Å². The van der Waals surface area contributed by atoms with E-state index in [0.717, 1.165) is 6.42 Å². The summed E-state index contributed by atoms with van der Waals surface area (Å²) in [5.41, 5.74) is 8.51. The molecule has 0 unspecified atom stereocenters. The van der Waals surface area contributed by atoms with Gasteiger partial charge in [-0.05, 0) is 34.7 Å². The van der Waals surface area contributed by atoms with Crippen molar-refractivity contribution in [1.82, 2.24) is 0 Å². The Balaban J connectivity index is 2.27. The maximum absolute atomic E-state index is 2.27. The van der Waals surface area contributed by atoms with Crippen molar-refractivity contribution >= 4 is 5.69 Å². The number of aryl methyl sites for hydroxylation is 1. The van der Waals surface area contributed by atoms with Crippen LogP contribution in [0.1, 0.15) is 16.7 Å². The fraction of sp³-hybridized carbons (Fsp3) is 0.250. The monoisotopic (exact) mass is 223 g/mol. The smallest absolute Gasteiger partial charge is 0.0432 e. The Labute approximate surface area is 103 Å². The predicted octanol–water partition coefficient (Wildman–Crippen LogP) is 3.63. The molecule has 2 aromatic rings. The van der Waals surface area contributed by atoms with E-state index in [1.165, 1.54) is 33.5 Å². The van der Waals surface area contributed by atoms with Crippen LogP contribution in [0.15, 0.2) is 36.4 Å². The van der Waals surface area contributed by atoms with Crippen molar-refractivity contribution in [2.45, 2.75) is 13.3 Å². The molecule has 0 spiro atoms. The van der Waals surface area contributed by atoms with Gasteiger partial charge in [0.1, 0.15) is 0 Å². The minimum Gasteiger partial charge on any atom is -0.377 e. The zero-order chi connectivity index (χ0) is 12.0. The summed E-state index contributed by atoms with van der Waals surface area (Å²) in [6.07, 6.45) is 1.07. The van der Waals surface area contributed by atoms with E-state index in [1.807, 2.05) is 0 Å². The third-order valence-electron chi connectivity index (χ3n) is 3.61. The summed E-state index contributed by atoms with van der Waals surface area (Å²) in [6.45, 7) is 2.19. The minimum absolute atomic E-state index is 1.07. The van der Waals surface area contributed by atoms with Gasteiger partial charge in [0.05, 0.1) is 0 Å². The van der Waals surface area contributed by atoms with E-state index < -0.39 is 0 Å². The molecule has 0 heterocycles. The van der Waals surface area contributed by atoms with E-state index >= 15 is 0 Å². The number of hydrogen-bond acceptors (Lipinski definition) is 1. The highest BCUT2D eigenvalue weighted by molar-refractivity contribution is 5.83. The molecule has 0 saturated carbocycles. The summed E-state index contributed by atoms with van der Waals surface area (Å²) in [5, 5.41) is 0. The second kappa shape index (κ2) is 3.63. The molecular formula is C16H17N. The van der Waals surface area contributed by atoms with Crippen molar-refractivity contribution in [2.24, 2.45) is 0 Å². The Morgan fingerprint density at radius 2 is 1.71 bits per heavy atom. The average Bonchev–Trinajstić information content (AvgIpc) is 2.66. The number of fused-ring (bicyclic) bond motifs is 3. The molecule has 0 fully saturated rings. The van der Waals surface area contributed by atoms with Crippen LogP contribution < -0.4 is 4.90 Å². The molecule has 3 rings (SSSR count). The van der Waals surface area contributed by atoms with E-state index in [-0.39, 0.29) is 0 Å². The van der Waals surface area contributed by atoms with Crippen LogP contribution in [0.5, 0.6) is 0 Å². The van der Waals surface area contributed by atoms with Crippen molar-refractivity contribution in [1.29, 1.82) is 0 Å². The van der Waals surface area contributed by atoms with Gasteiger partial charge in [-0.25, -0.2) is 0 Å². The molecule has 0 saturated heterocycles. The molecule has 2 aromatic carbocycles. The van der Waals surface area contributed by atoms with E-state index in [0.29, 0.717) is 0 Å². The van der Waals surface area contributed by atoms with Gasteiger partial charge in [-0.2, -0.15) is 0 Å². The van der Waals surface area contributed by atoms with Gasteiger partial charge in [0.2, 0.25) is 0 Å². The van der Waals surface area contributed by atoms with Crippen LogP contribution in [0, 0.1) is 6.92 Å². The number of rotatable bonds is 1. The maximum Gasteiger partial charge on any atom is 0.0432 e. The van der Waals surface area contributed by atoms with E-state index in [2.05, 4.69) is 62.3 Å². The van der Waals surface area contributed by atoms with Crippen LogP contribution in [0.3, 0.4) is 0 Å². The molecule has 1 nitrogen and oxygen atoms in total. The molecule has 86 valence electrons. The normalized spacial score (nSPS) is 12.2. The summed E-state index contributed by atoms with van der Waals surface area (Å²) < 4.78 is 0. The Morgan fingerprint density at radius 1 is 0.941 bits per heavy atom. The van der Waals surface area contributed by atoms with E-state index in [9.17, 15) is 0 Å². The van der Waals surface area contributed by atoms with Gasteiger partial charge in [0, 0.05) is 26.2 Å². The lowest BCUT2D eigenvalue weighted by Gasteiger charge is -2.20. The summed E-state index contributed by atoms with van der Waals surface area (Å²) in [7, 11) is 4.26. The van der Waals surface area contributed by atoms with Crippen LogP contribution >= 0.6 is 0 Å². The van der Waals surface area contributed by atoms with Crippen LogP contribution in [0.25, 0.3) is 11.1 Å². The third-order valence-corrected chi connectivity index (χ3v) is 3.61. The highest BCUT2D eigenvalue weighted by atomic mass is 15.1. The molecule has 0 amide bonds. The Hall–Kier alpha value is -1.76. The Kier molecular flexibility index (Phi) is 2.22. The molecule has 0 aromatic heterocycles. The van der Waals surface area contributed by atoms with Gasteiger partial charge in [-0.3, -0.25) is 0 Å². The SMILES string of the molecule is Cc1ccc2c(c1N(C)C)Cc1ccccc1-2. The highest BCUT2D eigenvalue weighted by Crippen LogP contribution is 2.42. The largest absolute Gasteiger partial charge is 0.377 e. The van der Waals surface area contributed by atoms with Crippen LogP contribution in [0.4, 0.5) is 5.69 Å². The van der Waals surface area contributed by atoms with Crippen LogP contribution in [-0.2, 0) is 6.42 Å². The average molecular weight is 223 g/mol. The second-order valence-electron chi connectivity index (χ2n) is 4.99. The highest BCUT2D eigenvalue weighted by Gasteiger charge is 2.22. The van der Waals surface area contributed by atoms with Crippen LogP contribution in [-0.4, -0.2) is 14.1 Å². The van der Waals surface area contributed by atoms with Gasteiger partial charge in [0.15, 0.2) is 0 Å². The maximum atomic E-state index is 2.27. The van der Waals surface area contributed by atoms with Gasteiger partial charge >= 0.3 is 0 Å². The van der Waals surface area contributed by atoms with Gasteiger partial charge in [0.25, 0.3) is 0 Å². The third kappa shape index (κ3) is 1.46. The molecule has 0 radical (unpaired) electrons. The van der Waals surface area contributed by atoms with Crippen molar-refractivity contribution in [3.8, 4) is 11.1 Å². The fourth-order valence-electron chi connectivity index (χ4n) is 2.93. The molecule has 0 atom stereocenters. The number of anilines is 1. The molecule has 0 N–H and O–H groups in total. The van der Waals surface area contributed by atoms with Gasteiger partial charge in [-0.1, -0.05) is 36.4 Å². The second-order valence-corrected chi connectivity index (χ2v) is 4.99. The lowest BCUT2D eigenvalue weighted by Crippen LogP contribution is -2.12. The lowest BCUT2D eigenvalue weighted by atomic mass is 10.0.